The molecule has 0 amide bonds. The first-order valence-electron chi connectivity index (χ1n) is 5.52. The molecule has 3 rings (SSSR count). The first-order chi connectivity index (χ1) is 8.69. The van der Waals surface area contributed by atoms with Gasteiger partial charge in [-0.15, -0.1) is 0 Å². The molecular formula is C13H11N3O2. The molecule has 0 bridgehead atoms. The van der Waals surface area contributed by atoms with Crippen molar-refractivity contribution in [2.75, 3.05) is 7.11 Å². The normalized spacial score (nSPS) is 11.0. The molecule has 3 heterocycles. The maximum absolute atomic E-state index is 12.3. The molecule has 0 aliphatic heterocycles. The average Bonchev–Trinajstić information content (AvgIpc) is 2.38. The van der Waals surface area contributed by atoms with Crippen LogP contribution in [0.4, 0.5) is 0 Å². The Balaban J connectivity index is 2.48. The molecule has 0 aromatic carbocycles. The number of ether oxygens (including phenoxy) is 1. The molecular weight excluding hydrogens is 230 g/mol. The molecule has 0 radical (unpaired) electrons. The van der Waals surface area contributed by atoms with E-state index in [2.05, 4.69) is 9.97 Å². The zero-order valence-corrected chi connectivity index (χ0v) is 10.0. The van der Waals surface area contributed by atoms with Gasteiger partial charge in [0.1, 0.15) is 11.4 Å². The van der Waals surface area contributed by atoms with E-state index in [1.54, 1.807) is 18.5 Å². The van der Waals surface area contributed by atoms with Crippen LogP contribution in [0.15, 0.2) is 35.4 Å². The summed E-state index contributed by atoms with van der Waals surface area (Å²) in [7, 11) is 1.54. The predicted molar refractivity (Wildman–Crippen MR) is 68.1 cm³/mol. The minimum atomic E-state index is -0.138. The van der Waals surface area contributed by atoms with Crippen molar-refractivity contribution >= 4 is 16.7 Å². The summed E-state index contributed by atoms with van der Waals surface area (Å²) in [5.74, 6) is 0.550. The summed E-state index contributed by atoms with van der Waals surface area (Å²) in [5.41, 5.74) is 1.95. The Morgan fingerprint density at radius 1 is 1.33 bits per heavy atom. The highest BCUT2D eigenvalue weighted by Gasteiger charge is 2.07. The Bertz CT molecular complexity index is 808. The third-order valence-electron chi connectivity index (χ3n) is 2.84. The van der Waals surface area contributed by atoms with Gasteiger partial charge in [-0.05, 0) is 30.7 Å². The Hall–Kier alpha value is -2.43. The van der Waals surface area contributed by atoms with Crippen LogP contribution in [-0.4, -0.2) is 21.5 Å². The molecule has 0 spiro atoms. The van der Waals surface area contributed by atoms with Crippen LogP contribution in [0, 0.1) is 6.92 Å². The fourth-order valence-corrected chi connectivity index (χ4v) is 1.88. The van der Waals surface area contributed by atoms with Crippen LogP contribution in [0.25, 0.3) is 16.7 Å². The molecule has 18 heavy (non-hydrogen) atoms. The molecule has 0 aliphatic rings. The second-order valence-electron chi connectivity index (χ2n) is 4.10. The first kappa shape index (κ1) is 10.7. The van der Waals surface area contributed by atoms with E-state index >= 15 is 0 Å². The van der Waals surface area contributed by atoms with Gasteiger partial charge in [-0.1, -0.05) is 0 Å². The van der Waals surface area contributed by atoms with E-state index in [4.69, 9.17) is 4.74 Å². The van der Waals surface area contributed by atoms with Crippen LogP contribution in [0.2, 0.25) is 0 Å². The van der Waals surface area contributed by atoms with Crippen LogP contribution in [0.5, 0.6) is 5.75 Å². The second kappa shape index (κ2) is 3.80. The van der Waals surface area contributed by atoms with Gasteiger partial charge >= 0.3 is 0 Å². The number of nitrogens with zero attached hydrogens (tertiary/aromatic N) is 3. The molecule has 90 valence electrons. The van der Waals surface area contributed by atoms with E-state index in [1.165, 1.54) is 11.5 Å². The van der Waals surface area contributed by atoms with Gasteiger partial charge in [-0.2, -0.15) is 0 Å². The second-order valence-corrected chi connectivity index (χ2v) is 4.10. The van der Waals surface area contributed by atoms with Crippen molar-refractivity contribution in [3.63, 3.8) is 0 Å². The van der Waals surface area contributed by atoms with Crippen molar-refractivity contribution in [1.29, 1.82) is 0 Å². The lowest BCUT2D eigenvalue weighted by Gasteiger charge is -2.04. The van der Waals surface area contributed by atoms with Gasteiger partial charge in [0, 0.05) is 6.20 Å². The quantitative estimate of drug-likeness (QED) is 0.607. The van der Waals surface area contributed by atoms with E-state index in [9.17, 15) is 4.79 Å². The molecule has 0 N–H and O–H groups in total. The lowest BCUT2D eigenvalue weighted by molar-refractivity contribution is 0.413. The Kier molecular flexibility index (Phi) is 2.26. The molecule has 0 saturated carbocycles. The monoisotopic (exact) mass is 241 g/mol. The predicted octanol–water partition coefficient (Wildman–Crippen LogP) is 1.56. The van der Waals surface area contributed by atoms with E-state index in [0.29, 0.717) is 22.4 Å². The van der Waals surface area contributed by atoms with Gasteiger partial charge in [0.2, 0.25) is 0 Å². The molecule has 0 atom stereocenters. The first-order valence-corrected chi connectivity index (χ1v) is 5.52. The van der Waals surface area contributed by atoms with Crippen LogP contribution in [0.3, 0.4) is 0 Å². The van der Waals surface area contributed by atoms with Gasteiger partial charge in [-0.25, -0.2) is 9.97 Å². The van der Waals surface area contributed by atoms with Crippen LogP contribution >= 0.6 is 0 Å². The summed E-state index contributed by atoms with van der Waals surface area (Å²) in [5, 5.41) is 0.454. The third kappa shape index (κ3) is 1.52. The Labute approximate surface area is 103 Å². The minimum Gasteiger partial charge on any atom is -0.495 e. The number of methoxy groups -OCH3 is 1. The van der Waals surface area contributed by atoms with E-state index in [-0.39, 0.29) is 5.56 Å². The van der Waals surface area contributed by atoms with Crippen LogP contribution < -0.4 is 10.3 Å². The van der Waals surface area contributed by atoms with Crippen molar-refractivity contribution in [1.82, 2.24) is 14.4 Å². The fourth-order valence-electron chi connectivity index (χ4n) is 1.88. The summed E-state index contributed by atoms with van der Waals surface area (Å²) in [4.78, 5) is 20.8. The lowest BCUT2D eigenvalue weighted by atomic mass is 10.2. The maximum Gasteiger partial charge on any atom is 0.267 e. The zero-order chi connectivity index (χ0) is 12.7. The van der Waals surface area contributed by atoms with Gasteiger partial charge < -0.3 is 4.74 Å². The van der Waals surface area contributed by atoms with Crippen LogP contribution in [-0.2, 0) is 0 Å². The molecule has 5 heteroatoms. The molecule has 3 aromatic heterocycles. The third-order valence-corrected chi connectivity index (χ3v) is 2.84. The standard InChI is InChI=1S/C13H11N3O2/c1-8-3-4-16-11(5-8)15-12-10(13(16)17)6-9(18-2)7-14-12/h3-7H,1-2H3. The summed E-state index contributed by atoms with van der Waals surface area (Å²) < 4.78 is 6.58. The minimum absolute atomic E-state index is 0.138. The molecule has 5 nitrogen and oxygen atoms in total. The molecule has 0 unspecified atom stereocenters. The molecule has 0 aliphatic carbocycles. The number of aromatic nitrogens is 3. The van der Waals surface area contributed by atoms with Crippen molar-refractivity contribution in [3.05, 3.63) is 46.5 Å². The van der Waals surface area contributed by atoms with E-state index < -0.39 is 0 Å². The molecule has 0 fully saturated rings. The highest BCUT2D eigenvalue weighted by molar-refractivity contribution is 5.77. The zero-order valence-electron chi connectivity index (χ0n) is 10.0. The maximum atomic E-state index is 12.3. The number of hydrogen-bond acceptors (Lipinski definition) is 4. The van der Waals surface area contributed by atoms with Crippen molar-refractivity contribution < 1.29 is 4.74 Å². The van der Waals surface area contributed by atoms with E-state index in [0.717, 1.165) is 5.56 Å². The average molecular weight is 241 g/mol. The Morgan fingerprint density at radius 2 is 2.17 bits per heavy atom. The number of rotatable bonds is 1. The van der Waals surface area contributed by atoms with Gasteiger partial charge in [0.05, 0.1) is 18.7 Å². The molecule has 0 saturated heterocycles. The van der Waals surface area contributed by atoms with Crippen molar-refractivity contribution in [3.8, 4) is 5.75 Å². The summed E-state index contributed by atoms with van der Waals surface area (Å²) in [6.07, 6.45) is 3.28. The SMILES string of the molecule is COc1cnc2nc3cc(C)ccn3c(=O)c2c1. The highest BCUT2D eigenvalue weighted by atomic mass is 16.5. The van der Waals surface area contributed by atoms with Gasteiger partial charge in [0.15, 0.2) is 5.65 Å². The molecule has 3 aromatic rings. The van der Waals surface area contributed by atoms with Gasteiger partial charge in [0.25, 0.3) is 5.56 Å². The smallest absolute Gasteiger partial charge is 0.267 e. The Morgan fingerprint density at radius 3 is 2.94 bits per heavy atom. The number of aryl methyl sites for hydroxylation is 1. The largest absolute Gasteiger partial charge is 0.495 e. The summed E-state index contributed by atoms with van der Waals surface area (Å²) in [6, 6.07) is 5.38. The number of hydrogen-bond donors (Lipinski definition) is 0. The van der Waals surface area contributed by atoms with Gasteiger partial charge in [-0.3, -0.25) is 9.20 Å². The number of fused-ring (bicyclic) bond motifs is 2. The fraction of sp³-hybridized carbons (Fsp3) is 0.154. The van der Waals surface area contributed by atoms with E-state index in [1.807, 2.05) is 19.1 Å². The van der Waals surface area contributed by atoms with Crippen molar-refractivity contribution in [2.45, 2.75) is 6.92 Å². The topological polar surface area (TPSA) is 56.5 Å². The highest BCUT2D eigenvalue weighted by Crippen LogP contribution is 2.14. The van der Waals surface area contributed by atoms with Crippen molar-refractivity contribution in [2.24, 2.45) is 0 Å². The summed E-state index contributed by atoms with van der Waals surface area (Å²) in [6.45, 7) is 1.96. The van der Waals surface area contributed by atoms with Crippen LogP contribution in [0.1, 0.15) is 5.56 Å². The summed E-state index contributed by atoms with van der Waals surface area (Å²) >= 11 is 0. The lowest BCUT2D eigenvalue weighted by Crippen LogP contribution is -2.15. The number of pyridine rings is 2.